The molecule has 0 fully saturated rings. The lowest BCUT2D eigenvalue weighted by Gasteiger charge is -2.04. The minimum absolute atomic E-state index is 1.05. The second kappa shape index (κ2) is 7.27. The Balaban J connectivity index is 1.94. The summed E-state index contributed by atoms with van der Waals surface area (Å²) in [5.74, 6) is 1.19. The second-order valence-corrected chi connectivity index (χ2v) is 5.47. The summed E-state index contributed by atoms with van der Waals surface area (Å²) in [6, 6.07) is 19.4. The first kappa shape index (κ1) is 13.2. The van der Waals surface area contributed by atoms with Crippen LogP contribution in [0, 0.1) is 6.92 Å². The average Bonchev–Trinajstić information content (AvgIpc) is 2.45. The van der Waals surface area contributed by atoms with Crippen LogP contribution in [-0.4, -0.2) is 5.75 Å². The Morgan fingerprint density at radius 3 is 2.11 bits per heavy atom. The van der Waals surface area contributed by atoms with Crippen molar-refractivity contribution in [1.82, 2.24) is 0 Å². The van der Waals surface area contributed by atoms with Gasteiger partial charge in [-0.15, -0.1) is 11.8 Å². The van der Waals surface area contributed by atoms with E-state index in [0.29, 0.717) is 0 Å². The Kier molecular flexibility index (Phi) is 5.35. The molecule has 1 heteroatoms. The van der Waals surface area contributed by atoms with Crippen LogP contribution in [0.3, 0.4) is 0 Å². The molecule has 0 amide bonds. The lowest BCUT2D eigenvalue weighted by atomic mass is 10.1. The molecule has 0 aliphatic rings. The van der Waals surface area contributed by atoms with Crippen LogP contribution in [0.2, 0.25) is 0 Å². The van der Waals surface area contributed by atoms with E-state index in [1.54, 1.807) is 0 Å². The molecule has 0 spiro atoms. The number of benzene rings is 2. The number of thioether (sulfide) groups is 1. The first-order valence-electron chi connectivity index (χ1n) is 6.47. The van der Waals surface area contributed by atoms with Gasteiger partial charge in [0.1, 0.15) is 0 Å². The summed E-state index contributed by atoms with van der Waals surface area (Å²) in [6.07, 6.45) is 3.54. The molecule has 2 aromatic carbocycles. The van der Waals surface area contributed by atoms with Crippen LogP contribution < -0.4 is 0 Å². The molecule has 1 radical (unpaired) electrons. The fourth-order valence-electron chi connectivity index (χ4n) is 1.84. The van der Waals surface area contributed by atoms with Gasteiger partial charge in [-0.1, -0.05) is 62.2 Å². The number of hydrogen-bond acceptors (Lipinski definition) is 1. The van der Waals surface area contributed by atoms with E-state index in [0.717, 1.165) is 6.42 Å². The molecular weight excluding hydrogens is 236 g/mol. The van der Waals surface area contributed by atoms with Gasteiger partial charge >= 0.3 is 0 Å². The summed E-state index contributed by atoms with van der Waals surface area (Å²) in [5, 5.41) is 0. The van der Waals surface area contributed by atoms with E-state index in [2.05, 4.69) is 61.5 Å². The van der Waals surface area contributed by atoms with Gasteiger partial charge in [0.05, 0.1) is 0 Å². The van der Waals surface area contributed by atoms with Crippen molar-refractivity contribution in [2.24, 2.45) is 0 Å². The summed E-state index contributed by atoms with van der Waals surface area (Å²) in [5.41, 5.74) is 2.57. The molecule has 0 bridgehead atoms. The predicted molar refractivity (Wildman–Crippen MR) is 81.8 cm³/mol. The Labute approximate surface area is 114 Å². The van der Waals surface area contributed by atoms with E-state index in [4.69, 9.17) is 0 Å². The minimum Gasteiger partial charge on any atom is -0.126 e. The Bertz CT molecular complexity index is 445. The molecule has 0 aromatic heterocycles. The van der Waals surface area contributed by atoms with Crippen molar-refractivity contribution < 1.29 is 0 Å². The van der Waals surface area contributed by atoms with Gasteiger partial charge in [-0.3, -0.25) is 0 Å². The molecule has 0 saturated carbocycles. The van der Waals surface area contributed by atoms with Crippen molar-refractivity contribution in [3.63, 3.8) is 0 Å². The van der Waals surface area contributed by atoms with Crippen molar-refractivity contribution in [2.45, 2.75) is 24.2 Å². The molecule has 0 atom stereocenters. The van der Waals surface area contributed by atoms with Crippen LogP contribution in [0.25, 0.3) is 11.1 Å². The van der Waals surface area contributed by atoms with Crippen LogP contribution in [0.5, 0.6) is 0 Å². The number of unbranched alkanes of at least 4 members (excludes halogenated alkanes) is 2. The summed E-state index contributed by atoms with van der Waals surface area (Å²) in [7, 11) is 0. The smallest absolute Gasteiger partial charge is 0.00723 e. The third-order valence-electron chi connectivity index (χ3n) is 2.87. The lowest BCUT2D eigenvalue weighted by molar-refractivity contribution is 0.821. The monoisotopic (exact) mass is 255 g/mol. The molecule has 0 aliphatic carbocycles. The molecule has 93 valence electrons. The number of hydrogen-bond donors (Lipinski definition) is 0. The van der Waals surface area contributed by atoms with Crippen LogP contribution >= 0.6 is 11.8 Å². The SMILES string of the molecule is [CH2]CCCCSc1ccc(-c2ccccc2)cc1. The second-order valence-electron chi connectivity index (χ2n) is 4.30. The zero-order valence-corrected chi connectivity index (χ0v) is 11.5. The molecule has 0 aliphatic heterocycles. The summed E-state index contributed by atoms with van der Waals surface area (Å²) < 4.78 is 0. The van der Waals surface area contributed by atoms with Gasteiger partial charge in [0, 0.05) is 4.90 Å². The van der Waals surface area contributed by atoms with Gasteiger partial charge in [0.15, 0.2) is 0 Å². The molecule has 0 N–H and O–H groups in total. The first-order chi connectivity index (χ1) is 8.90. The van der Waals surface area contributed by atoms with E-state index in [1.165, 1.54) is 34.6 Å². The fraction of sp³-hybridized carbons (Fsp3) is 0.235. The maximum Gasteiger partial charge on any atom is 0.00723 e. The zero-order chi connectivity index (χ0) is 12.6. The molecule has 18 heavy (non-hydrogen) atoms. The number of rotatable bonds is 6. The molecule has 0 unspecified atom stereocenters. The van der Waals surface area contributed by atoms with Crippen LogP contribution in [-0.2, 0) is 0 Å². The highest BCUT2D eigenvalue weighted by Crippen LogP contribution is 2.24. The molecule has 0 nitrogen and oxygen atoms in total. The van der Waals surface area contributed by atoms with E-state index >= 15 is 0 Å². The highest BCUT2D eigenvalue weighted by atomic mass is 32.2. The Morgan fingerprint density at radius 2 is 1.44 bits per heavy atom. The zero-order valence-electron chi connectivity index (χ0n) is 10.6. The van der Waals surface area contributed by atoms with Crippen LogP contribution in [0.1, 0.15) is 19.3 Å². The van der Waals surface area contributed by atoms with Gasteiger partial charge in [-0.05, 0) is 35.4 Å². The van der Waals surface area contributed by atoms with Gasteiger partial charge in [0.2, 0.25) is 0 Å². The molecule has 0 saturated heterocycles. The van der Waals surface area contributed by atoms with Crippen molar-refractivity contribution in [3.8, 4) is 11.1 Å². The predicted octanol–water partition coefficient (Wildman–Crippen LogP) is 5.45. The molecule has 0 heterocycles. The van der Waals surface area contributed by atoms with E-state index in [-0.39, 0.29) is 0 Å². The Hall–Kier alpha value is -1.21. The van der Waals surface area contributed by atoms with Gasteiger partial charge in [0.25, 0.3) is 0 Å². The molecule has 2 rings (SSSR count). The van der Waals surface area contributed by atoms with Crippen molar-refractivity contribution >= 4 is 11.8 Å². The molecular formula is C17H19S. The van der Waals surface area contributed by atoms with Crippen molar-refractivity contribution in [1.29, 1.82) is 0 Å². The van der Waals surface area contributed by atoms with Crippen molar-refractivity contribution in [2.75, 3.05) is 5.75 Å². The third-order valence-corrected chi connectivity index (χ3v) is 3.97. The normalized spacial score (nSPS) is 10.5. The maximum atomic E-state index is 3.87. The highest BCUT2D eigenvalue weighted by Gasteiger charge is 1.97. The summed E-state index contributed by atoms with van der Waals surface area (Å²) in [4.78, 5) is 1.36. The Morgan fingerprint density at radius 1 is 0.778 bits per heavy atom. The lowest BCUT2D eigenvalue weighted by Crippen LogP contribution is -1.81. The molecule has 2 aromatic rings. The van der Waals surface area contributed by atoms with E-state index in [9.17, 15) is 0 Å². The fourth-order valence-corrected chi connectivity index (χ4v) is 2.76. The highest BCUT2D eigenvalue weighted by molar-refractivity contribution is 7.99. The standard InChI is InChI=1S/C17H19S/c1-2-3-7-14-18-17-12-10-16(11-13-17)15-8-5-4-6-9-15/h4-6,8-13H,1-3,7,14H2. The summed E-state index contributed by atoms with van der Waals surface area (Å²) >= 11 is 1.94. The largest absolute Gasteiger partial charge is 0.126 e. The van der Waals surface area contributed by atoms with Gasteiger partial charge in [-0.2, -0.15) is 0 Å². The summed E-state index contributed by atoms with van der Waals surface area (Å²) in [6.45, 7) is 3.87. The van der Waals surface area contributed by atoms with E-state index < -0.39 is 0 Å². The van der Waals surface area contributed by atoms with Crippen LogP contribution in [0.4, 0.5) is 0 Å². The van der Waals surface area contributed by atoms with E-state index in [1.807, 2.05) is 11.8 Å². The third kappa shape index (κ3) is 3.92. The quantitative estimate of drug-likeness (QED) is 0.488. The average molecular weight is 255 g/mol. The maximum absolute atomic E-state index is 3.87. The van der Waals surface area contributed by atoms with Crippen LogP contribution in [0.15, 0.2) is 59.5 Å². The topological polar surface area (TPSA) is 0 Å². The van der Waals surface area contributed by atoms with Gasteiger partial charge in [-0.25, -0.2) is 0 Å². The van der Waals surface area contributed by atoms with Crippen molar-refractivity contribution in [3.05, 3.63) is 61.5 Å². The minimum atomic E-state index is 1.05. The van der Waals surface area contributed by atoms with Gasteiger partial charge < -0.3 is 0 Å². The first-order valence-corrected chi connectivity index (χ1v) is 7.46.